The molecule has 1 aliphatic rings. The molecule has 5 nitrogen and oxygen atoms in total. The van der Waals surface area contributed by atoms with Crippen molar-refractivity contribution in [3.05, 3.63) is 92.3 Å². The molecule has 0 spiro atoms. The number of methoxy groups -OCH3 is 1. The first-order valence-corrected chi connectivity index (χ1v) is 13.4. The van der Waals surface area contributed by atoms with E-state index in [0.29, 0.717) is 45.7 Å². The van der Waals surface area contributed by atoms with E-state index < -0.39 is 0 Å². The highest BCUT2D eigenvalue weighted by atomic mass is 79.9. The lowest BCUT2D eigenvalue weighted by Gasteiger charge is -2.17. The van der Waals surface area contributed by atoms with E-state index in [9.17, 15) is 4.79 Å². The lowest BCUT2D eigenvalue weighted by molar-refractivity contribution is -0.122. The van der Waals surface area contributed by atoms with Crippen LogP contribution in [0.4, 0.5) is 5.69 Å². The minimum atomic E-state index is -0.0686. The lowest BCUT2D eigenvalue weighted by Crippen LogP contribution is -2.32. The number of carbonyl (C=O) groups is 1. The van der Waals surface area contributed by atoms with Crippen molar-refractivity contribution in [1.82, 2.24) is 4.90 Å². The molecule has 1 saturated heterocycles. The van der Waals surface area contributed by atoms with Gasteiger partial charge in [-0.15, -0.1) is 0 Å². The second-order valence-corrected chi connectivity index (χ2v) is 10.9. The van der Waals surface area contributed by atoms with Gasteiger partial charge in [0.15, 0.2) is 16.7 Å². The number of nitrogens with zero attached hydrogens (tertiary/aromatic N) is 2. The van der Waals surface area contributed by atoms with Gasteiger partial charge in [-0.3, -0.25) is 9.69 Å². The predicted octanol–water partition coefficient (Wildman–Crippen LogP) is 7.95. The van der Waals surface area contributed by atoms with Crippen molar-refractivity contribution in [2.24, 2.45) is 10.9 Å². The number of benzene rings is 3. The van der Waals surface area contributed by atoms with E-state index in [0.717, 1.165) is 21.3 Å². The highest BCUT2D eigenvalue weighted by molar-refractivity contribution is 9.10. The van der Waals surface area contributed by atoms with E-state index in [4.69, 9.17) is 26.1 Å². The third-order valence-corrected chi connectivity index (χ3v) is 7.11. The first-order valence-electron chi connectivity index (χ1n) is 11.4. The van der Waals surface area contributed by atoms with E-state index in [-0.39, 0.29) is 5.91 Å². The number of ether oxygens (including phenoxy) is 2. The summed E-state index contributed by atoms with van der Waals surface area (Å²) in [5.74, 6) is 1.41. The Kier molecular flexibility index (Phi) is 8.77. The van der Waals surface area contributed by atoms with Crippen LogP contribution < -0.4 is 9.47 Å². The maximum atomic E-state index is 13.3. The Morgan fingerprint density at radius 3 is 2.50 bits per heavy atom. The number of hydrogen-bond acceptors (Lipinski definition) is 5. The molecule has 3 aromatic carbocycles. The van der Waals surface area contributed by atoms with Crippen molar-refractivity contribution in [2.75, 3.05) is 13.7 Å². The summed E-state index contributed by atoms with van der Waals surface area (Å²) < 4.78 is 12.4. The first-order chi connectivity index (χ1) is 17.3. The van der Waals surface area contributed by atoms with Gasteiger partial charge in [-0.25, -0.2) is 4.99 Å². The molecule has 186 valence electrons. The summed E-state index contributed by atoms with van der Waals surface area (Å²) >= 11 is 11.0. The van der Waals surface area contributed by atoms with Gasteiger partial charge in [0.25, 0.3) is 5.91 Å². The largest absolute Gasteiger partial charge is 0.493 e. The lowest BCUT2D eigenvalue weighted by atomic mass is 10.1. The minimum absolute atomic E-state index is 0.0686. The molecule has 36 heavy (non-hydrogen) atoms. The highest BCUT2D eigenvalue weighted by Crippen LogP contribution is 2.40. The number of rotatable bonds is 8. The van der Waals surface area contributed by atoms with Gasteiger partial charge in [0, 0.05) is 11.6 Å². The standard InChI is InChI=1S/C28H26BrClN2O3S/c1-18(2)16-32-27(33)25(36-28(32)31-22-11-9-21(30)10-12-22)15-20-13-23(29)26(24(14-20)34-3)35-17-19-7-5-4-6-8-19/h4-15,18H,16-17H2,1-3H3/b25-15-,31-28?. The fourth-order valence-corrected chi connectivity index (χ4v) is 5.30. The molecule has 3 aromatic rings. The van der Waals surface area contributed by atoms with Crippen molar-refractivity contribution < 1.29 is 14.3 Å². The zero-order chi connectivity index (χ0) is 25.7. The molecule has 0 N–H and O–H groups in total. The van der Waals surface area contributed by atoms with Gasteiger partial charge in [0.05, 0.1) is 22.2 Å². The van der Waals surface area contributed by atoms with E-state index in [2.05, 4.69) is 29.8 Å². The summed E-state index contributed by atoms with van der Waals surface area (Å²) in [5, 5.41) is 1.29. The van der Waals surface area contributed by atoms with Crippen LogP contribution in [0.15, 0.2) is 81.1 Å². The molecule has 0 unspecified atom stereocenters. The van der Waals surface area contributed by atoms with Gasteiger partial charge in [0.1, 0.15) is 6.61 Å². The Balaban J connectivity index is 1.62. The second-order valence-electron chi connectivity index (χ2n) is 8.60. The van der Waals surface area contributed by atoms with E-state index >= 15 is 0 Å². The SMILES string of the molecule is COc1cc(/C=C2\SC(=Nc3ccc(Cl)cc3)N(CC(C)C)C2=O)cc(Br)c1OCc1ccccc1. The van der Waals surface area contributed by atoms with Gasteiger partial charge in [-0.1, -0.05) is 55.8 Å². The number of amidine groups is 1. The summed E-state index contributed by atoms with van der Waals surface area (Å²) in [6.45, 7) is 5.15. The van der Waals surface area contributed by atoms with Crippen LogP contribution in [0.2, 0.25) is 5.02 Å². The number of aliphatic imine (C=N–C) groups is 1. The first kappa shape index (κ1) is 26.3. The Bertz CT molecular complexity index is 1290. The maximum Gasteiger partial charge on any atom is 0.266 e. The van der Waals surface area contributed by atoms with Crippen molar-refractivity contribution in [2.45, 2.75) is 20.5 Å². The van der Waals surface area contributed by atoms with Crippen molar-refractivity contribution >= 4 is 62.1 Å². The maximum absolute atomic E-state index is 13.3. The Morgan fingerprint density at radius 2 is 1.83 bits per heavy atom. The quantitative estimate of drug-likeness (QED) is 0.252. The van der Waals surface area contributed by atoms with Crippen LogP contribution in [0.5, 0.6) is 11.5 Å². The van der Waals surface area contributed by atoms with E-state index in [1.54, 1.807) is 24.1 Å². The number of thioether (sulfide) groups is 1. The number of halogens is 2. The van der Waals surface area contributed by atoms with Gasteiger partial charge >= 0.3 is 0 Å². The third-order valence-electron chi connectivity index (χ3n) is 5.26. The van der Waals surface area contributed by atoms with Gasteiger partial charge in [0.2, 0.25) is 0 Å². The van der Waals surface area contributed by atoms with Crippen molar-refractivity contribution in [3.8, 4) is 11.5 Å². The van der Waals surface area contributed by atoms with Crippen LogP contribution in [-0.2, 0) is 11.4 Å². The molecule has 1 amide bonds. The summed E-state index contributed by atoms with van der Waals surface area (Å²) in [7, 11) is 1.60. The second kappa shape index (κ2) is 12.0. The molecular weight excluding hydrogens is 560 g/mol. The molecule has 0 atom stereocenters. The van der Waals surface area contributed by atoms with Crippen LogP contribution in [0.25, 0.3) is 6.08 Å². The van der Waals surface area contributed by atoms with Gasteiger partial charge in [-0.05, 0) is 87.2 Å². The molecule has 1 heterocycles. The highest BCUT2D eigenvalue weighted by Gasteiger charge is 2.33. The monoisotopic (exact) mass is 584 g/mol. The van der Waals surface area contributed by atoms with E-state index in [1.165, 1.54) is 11.8 Å². The third kappa shape index (κ3) is 6.52. The molecule has 1 aliphatic heterocycles. The summed E-state index contributed by atoms with van der Waals surface area (Å²) in [6, 6.07) is 21.0. The molecule has 0 radical (unpaired) electrons. The molecular formula is C28H26BrClN2O3S. The van der Waals surface area contributed by atoms with Crippen molar-refractivity contribution in [3.63, 3.8) is 0 Å². The molecule has 0 saturated carbocycles. The Morgan fingerprint density at radius 1 is 1.11 bits per heavy atom. The fourth-order valence-electron chi connectivity index (χ4n) is 3.59. The molecule has 0 aliphatic carbocycles. The van der Waals surface area contributed by atoms with Crippen LogP contribution in [-0.4, -0.2) is 29.6 Å². The Labute approximate surface area is 229 Å². The van der Waals surface area contributed by atoms with Crippen molar-refractivity contribution in [1.29, 1.82) is 0 Å². The van der Waals surface area contributed by atoms with Crippen LogP contribution in [0.3, 0.4) is 0 Å². The average molecular weight is 586 g/mol. The Hall–Kier alpha value is -2.74. The topological polar surface area (TPSA) is 51.1 Å². The molecule has 0 aromatic heterocycles. The zero-order valence-electron chi connectivity index (χ0n) is 20.2. The summed E-state index contributed by atoms with van der Waals surface area (Å²) in [4.78, 5) is 20.4. The van der Waals surface area contributed by atoms with E-state index in [1.807, 2.05) is 60.7 Å². The molecule has 0 bridgehead atoms. The van der Waals surface area contributed by atoms with Crippen LogP contribution >= 0.6 is 39.3 Å². The average Bonchev–Trinajstić information content (AvgIpc) is 3.13. The molecule has 1 fully saturated rings. The van der Waals surface area contributed by atoms with Crippen LogP contribution in [0.1, 0.15) is 25.0 Å². The number of amides is 1. The molecule has 4 rings (SSSR count). The predicted molar refractivity (Wildman–Crippen MR) is 152 cm³/mol. The fraction of sp³-hybridized carbons (Fsp3) is 0.214. The zero-order valence-corrected chi connectivity index (χ0v) is 23.4. The van der Waals surface area contributed by atoms with Crippen LogP contribution in [0, 0.1) is 5.92 Å². The molecule has 8 heteroatoms. The minimum Gasteiger partial charge on any atom is -0.493 e. The smallest absolute Gasteiger partial charge is 0.266 e. The van der Waals surface area contributed by atoms with Gasteiger partial charge in [-0.2, -0.15) is 0 Å². The normalized spacial score (nSPS) is 15.8. The summed E-state index contributed by atoms with van der Waals surface area (Å²) in [6.07, 6.45) is 1.86. The summed E-state index contributed by atoms with van der Waals surface area (Å²) in [5.41, 5.74) is 2.62. The number of carbonyl (C=O) groups excluding carboxylic acids is 1. The number of hydrogen-bond donors (Lipinski definition) is 0. The van der Waals surface area contributed by atoms with Gasteiger partial charge < -0.3 is 9.47 Å².